The Morgan fingerprint density at radius 1 is 1.00 bits per heavy atom. The molecule has 0 unspecified atom stereocenters. The number of rotatable bonds is 5. The van der Waals surface area contributed by atoms with Crippen molar-refractivity contribution >= 4 is 17.1 Å². The number of aromatic nitrogens is 2. The van der Waals surface area contributed by atoms with E-state index in [4.69, 9.17) is 4.74 Å². The van der Waals surface area contributed by atoms with Crippen molar-refractivity contribution in [2.24, 2.45) is 7.05 Å². The van der Waals surface area contributed by atoms with Crippen molar-refractivity contribution in [3.8, 4) is 22.8 Å². The van der Waals surface area contributed by atoms with Crippen LogP contribution in [0.15, 0.2) is 78.3 Å². The maximum absolute atomic E-state index is 12.6. The van der Waals surface area contributed by atoms with Gasteiger partial charge in [-0.15, -0.1) is 11.3 Å². The van der Waals surface area contributed by atoms with E-state index >= 15 is 0 Å². The van der Waals surface area contributed by atoms with Gasteiger partial charge in [0.2, 0.25) is 5.78 Å². The fourth-order valence-electron chi connectivity index (χ4n) is 2.82. The summed E-state index contributed by atoms with van der Waals surface area (Å²) >= 11 is 1.35. The van der Waals surface area contributed by atoms with Crippen molar-refractivity contribution in [2.75, 3.05) is 0 Å². The lowest BCUT2D eigenvalue weighted by atomic mass is 10.1. The third-order valence-corrected chi connectivity index (χ3v) is 4.86. The molecular formula is C21H16N2O2S. The molecule has 0 aliphatic rings. The van der Waals surface area contributed by atoms with Crippen LogP contribution in [0.2, 0.25) is 0 Å². The number of ether oxygens (including phenoxy) is 1. The number of benzene rings is 2. The van der Waals surface area contributed by atoms with Crippen LogP contribution >= 0.6 is 11.3 Å². The molecule has 128 valence electrons. The van der Waals surface area contributed by atoms with Gasteiger partial charge < -0.3 is 9.30 Å². The molecule has 0 bridgehead atoms. The van der Waals surface area contributed by atoms with E-state index in [0.29, 0.717) is 10.7 Å². The molecule has 0 amide bonds. The highest BCUT2D eigenvalue weighted by molar-refractivity contribution is 7.11. The zero-order valence-electron chi connectivity index (χ0n) is 14.1. The van der Waals surface area contributed by atoms with Gasteiger partial charge in [0, 0.05) is 29.9 Å². The van der Waals surface area contributed by atoms with Gasteiger partial charge in [0.15, 0.2) is 5.01 Å². The van der Waals surface area contributed by atoms with Crippen LogP contribution in [0.1, 0.15) is 15.5 Å². The Hall–Kier alpha value is -3.18. The number of thiazole rings is 1. The van der Waals surface area contributed by atoms with E-state index in [0.717, 1.165) is 22.8 Å². The van der Waals surface area contributed by atoms with E-state index in [1.807, 2.05) is 83.7 Å². The molecule has 0 radical (unpaired) electrons. The Balaban J connectivity index is 1.64. The summed E-state index contributed by atoms with van der Waals surface area (Å²) in [7, 11) is 1.89. The van der Waals surface area contributed by atoms with Crippen LogP contribution in [0.3, 0.4) is 0 Å². The smallest absolute Gasteiger partial charge is 0.237 e. The van der Waals surface area contributed by atoms with Gasteiger partial charge in [0.05, 0.1) is 5.69 Å². The van der Waals surface area contributed by atoms with Gasteiger partial charge in [-0.2, -0.15) is 0 Å². The molecule has 5 heteroatoms. The molecule has 0 N–H and O–H groups in total. The number of ketones is 1. The van der Waals surface area contributed by atoms with E-state index in [2.05, 4.69) is 4.98 Å². The molecule has 26 heavy (non-hydrogen) atoms. The highest BCUT2D eigenvalue weighted by atomic mass is 32.1. The maximum atomic E-state index is 12.6. The first-order valence-corrected chi connectivity index (χ1v) is 9.03. The van der Waals surface area contributed by atoms with Gasteiger partial charge >= 0.3 is 0 Å². The predicted molar refractivity (Wildman–Crippen MR) is 103 cm³/mol. The van der Waals surface area contributed by atoms with Crippen LogP contribution in [0.4, 0.5) is 0 Å². The number of para-hydroxylation sites is 1. The third-order valence-electron chi connectivity index (χ3n) is 4.09. The lowest BCUT2D eigenvalue weighted by Crippen LogP contribution is -2.07. The quantitative estimate of drug-likeness (QED) is 0.461. The fourth-order valence-corrected chi connectivity index (χ4v) is 3.40. The summed E-state index contributed by atoms with van der Waals surface area (Å²) in [4.78, 5) is 16.7. The Morgan fingerprint density at radius 3 is 2.58 bits per heavy atom. The summed E-state index contributed by atoms with van der Waals surface area (Å²) in [6, 6.07) is 21.3. The second-order valence-electron chi connectivity index (χ2n) is 5.77. The molecule has 0 aliphatic heterocycles. The van der Waals surface area contributed by atoms with Crippen LogP contribution in [0, 0.1) is 0 Å². The number of carbonyl (C=O) groups is 1. The zero-order chi connectivity index (χ0) is 17.9. The minimum absolute atomic E-state index is 0.0644. The first kappa shape index (κ1) is 16.3. The minimum Gasteiger partial charge on any atom is -0.457 e. The second kappa shape index (κ2) is 6.98. The molecule has 4 nitrogen and oxygen atoms in total. The van der Waals surface area contributed by atoms with Gasteiger partial charge in [-0.1, -0.05) is 30.3 Å². The maximum Gasteiger partial charge on any atom is 0.237 e. The molecule has 4 rings (SSSR count). The minimum atomic E-state index is -0.0644. The Bertz CT molecular complexity index is 1040. The second-order valence-corrected chi connectivity index (χ2v) is 6.67. The van der Waals surface area contributed by atoms with E-state index in [1.54, 1.807) is 6.20 Å². The lowest BCUT2D eigenvalue weighted by Gasteiger charge is -2.09. The zero-order valence-corrected chi connectivity index (χ0v) is 14.9. The Kier molecular flexibility index (Phi) is 4.37. The van der Waals surface area contributed by atoms with Crippen molar-refractivity contribution in [1.29, 1.82) is 0 Å². The molecule has 2 aromatic heterocycles. The summed E-state index contributed by atoms with van der Waals surface area (Å²) in [5, 5.41) is 2.31. The molecule has 0 saturated heterocycles. The summed E-state index contributed by atoms with van der Waals surface area (Å²) in [5.41, 5.74) is 2.55. The molecule has 0 aliphatic carbocycles. The van der Waals surface area contributed by atoms with E-state index in [9.17, 15) is 4.79 Å². The molecular weight excluding hydrogens is 344 g/mol. The third kappa shape index (κ3) is 3.17. The molecule has 0 spiro atoms. The molecule has 0 saturated carbocycles. The number of hydrogen-bond acceptors (Lipinski definition) is 4. The molecule has 4 aromatic rings. The fraction of sp³-hybridized carbons (Fsp3) is 0.0476. The van der Waals surface area contributed by atoms with Crippen molar-refractivity contribution in [1.82, 2.24) is 9.55 Å². The average Bonchev–Trinajstić information content (AvgIpc) is 3.32. The summed E-state index contributed by atoms with van der Waals surface area (Å²) < 4.78 is 7.80. The van der Waals surface area contributed by atoms with E-state index in [1.165, 1.54) is 11.3 Å². The van der Waals surface area contributed by atoms with Gasteiger partial charge in [-0.25, -0.2) is 4.98 Å². The van der Waals surface area contributed by atoms with Gasteiger partial charge in [-0.3, -0.25) is 4.79 Å². The highest BCUT2D eigenvalue weighted by Gasteiger charge is 2.17. The average molecular weight is 360 g/mol. The van der Waals surface area contributed by atoms with Crippen LogP contribution in [0.25, 0.3) is 11.3 Å². The van der Waals surface area contributed by atoms with Crippen LogP contribution in [0.5, 0.6) is 11.5 Å². The topological polar surface area (TPSA) is 44.1 Å². The first-order valence-electron chi connectivity index (χ1n) is 8.15. The van der Waals surface area contributed by atoms with Crippen LogP contribution in [-0.4, -0.2) is 15.3 Å². The SMILES string of the molecule is Cn1c(C(=O)c2nccs2)ccc1-c1cccc(Oc2ccccc2)c1. The number of nitrogens with zero attached hydrogens (tertiary/aromatic N) is 2. The van der Waals surface area contributed by atoms with Crippen LogP contribution < -0.4 is 4.74 Å². The van der Waals surface area contributed by atoms with Crippen molar-refractivity contribution in [2.45, 2.75) is 0 Å². The van der Waals surface area contributed by atoms with Crippen molar-refractivity contribution < 1.29 is 9.53 Å². The summed E-state index contributed by atoms with van der Waals surface area (Å²) in [6.45, 7) is 0. The largest absolute Gasteiger partial charge is 0.457 e. The molecule has 0 fully saturated rings. The predicted octanol–water partition coefficient (Wildman–Crippen LogP) is 5.17. The highest BCUT2D eigenvalue weighted by Crippen LogP contribution is 2.29. The number of carbonyl (C=O) groups excluding carboxylic acids is 1. The van der Waals surface area contributed by atoms with Crippen LogP contribution in [-0.2, 0) is 7.05 Å². The molecule has 2 aromatic carbocycles. The monoisotopic (exact) mass is 360 g/mol. The van der Waals surface area contributed by atoms with E-state index < -0.39 is 0 Å². The normalized spacial score (nSPS) is 10.7. The lowest BCUT2D eigenvalue weighted by molar-refractivity contribution is 0.103. The van der Waals surface area contributed by atoms with E-state index in [-0.39, 0.29) is 5.78 Å². The molecule has 2 heterocycles. The molecule has 0 atom stereocenters. The number of hydrogen-bond donors (Lipinski definition) is 0. The summed E-state index contributed by atoms with van der Waals surface area (Å²) in [5.74, 6) is 1.48. The Morgan fingerprint density at radius 2 is 1.81 bits per heavy atom. The van der Waals surface area contributed by atoms with Gasteiger partial charge in [0.1, 0.15) is 11.5 Å². The summed E-state index contributed by atoms with van der Waals surface area (Å²) in [6.07, 6.45) is 1.64. The Labute approximate surface area is 155 Å². The standard InChI is InChI=1S/C21H16N2O2S/c1-23-18(10-11-19(23)20(24)21-22-12-13-26-21)15-6-5-9-17(14-15)25-16-7-3-2-4-8-16/h2-14H,1H3. The first-order chi connectivity index (χ1) is 12.7. The van der Waals surface area contributed by atoms with Gasteiger partial charge in [-0.05, 0) is 36.4 Å². The van der Waals surface area contributed by atoms with Gasteiger partial charge in [0.25, 0.3) is 0 Å². The van der Waals surface area contributed by atoms with Crippen molar-refractivity contribution in [3.63, 3.8) is 0 Å². The van der Waals surface area contributed by atoms with Crippen molar-refractivity contribution in [3.05, 3.63) is 89.0 Å².